The number of anilines is 2. The van der Waals surface area contributed by atoms with Gasteiger partial charge in [-0.25, -0.2) is 15.0 Å². The van der Waals surface area contributed by atoms with Crippen molar-refractivity contribution in [3.05, 3.63) is 54.6 Å². The van der Waals surface area contributed by atoms with E-state index in [2.05, 4.69) is 43.8 Å². The Morgan fingerprint density at radius 1 is 1.08 bits per heavy atom. The average molecular weight is 366 g/mol. The molecule has 0 aliphatic carbocycles. The Bertz CT molecular complexity index is 825. The molecule has 4 rings (SSSR count). The molecule has 6 heteroatoms. The van der Waals surface area contributed by atoms with Crippen molar-refractivity contribution in [2.75, 3.05) is 18.4 Å². The van der Waals surface area contributed by atoms with Gasteiger partial charge < -0.3 is 10.6 Å². The summed E-state index contributed by atoms with van der Waals surface area (Å²) in [5.41, 5.74) is 2.29. The molecule has 1 aliphatic heterocycles. The summed E-state index contributed by atoms with van der Waals surface area (Å²) >= 11 is 1.63. The fourth-order valence-electron chi connectivity index (χ4n) is 3.35. The number of nitrogens with one attached hydrogen (secondary N) is 2. The van der Waals surface area contributed by atoms with E-state index >= 15 is 0 Å². The minimum atomic E-state index is 0.706. The van der Waals surface area contributed by atoms with Crippen molar-refractivity contribution in [1.82, 2.24) is 20.3 Å². The number of aromatic nitrogens is 3. The second kappa shape index (κ2) is 8.38. The van der Waals surface area contributed by atoms with E-state index in [9.17, 15) is 0 Å². The summed E-state index contributed by atoms with van der Waals surface area (Å²) in [4.78, 5) is 14.5. The van der Waals surface area contributed by atoms with Crippen LogP contribution >= 0.6 is 11.3 Å². The third kappa shape index (κ3) is 4.45. The van der Waals surface area contributed by atoms with E-state index in [1.807, 2.05) is 24.4 Å². The summed E-state index contributed by atoms with van der Waals surface area (Å²) in [5, 5.41) is 7.65. The van der Waals surface area contributed by atoms with Crippen molar-refractivity contribution >= 4 is 22.3 Å². The zero-order valence-electron chi connectivity index (χ0n) is 14.7. The van der Waals surface area contributed by atoms with E-state index in [-0.39, 0.29) is 0 Å². The van der Waals surface area contributed by atoms with E-state index < -0.39 is 0 Å². The number of benzene rings is 1. The van der Waals surface area contributed by atoms with Crippen LogP contribution in [0.3, 0.4) is 0 Å². The average Bonchev–Trinajstić information content (AvgIpc) is 2.98. The zero-order chi connectivity index (χ0) is 17.6. The summed E-state index contributed by atoms with van der Waals surface area (Å²) in [6, 6.07) is 12.4. The van der Waals surface area contributed by atoms with Crippen LogP contribution in [-0.4, -0.2) is 28.0 Å². The lowest BCUT2D eigenvalue weighted by atomic mass is 9.95. The first-order valence-corrected chi connectivity index (χ1v) is 9.98. The van der Waals surface area contributed by atoms with Crippen molar-refractivity contribution in [3.8, 4) is 10.4 Å². The maximum atomic E-state index is 4.48. The monoisotopic (exact) mass is 365 g/mol. The Kier molecular flexibility index (Phi) is 5.52. The molecule has 5 nitrogen and oxygen atoms in total. The fraction of sp³-hybridized carbons (Fsp3) is 0.350. The Hall–Kier alpha value is -2.31. The van der Waals surface area contributed by atoms with E-state index in [0.717, 1.165) is 41.0 Å². The highest BCUT2D eigenvalue weighted by atomic mass is 32.1. The number of rotatable bonds is 5. The van der Waals surface area contributed by atoms with Crippen molar-refractivity contribution in [3.63, 3.8) is 0 Å². The summed E-state index contributed by atoms with van der Waals surface area (Å²) in [5.74, 6) is 1.52. The van der Waals surface area contributed by atoms with Gasteiger partial charge in [-0.2, -0.15) is 0 Å². The number of hydrogen-bond donors (Lipinski definition) is 2. The molecule has 1 fully saturated rings. The number of hydrogen-bond acceptors (Lipinski definition) is 6. The van der Waals surface area contributed by atoms with E-state index in [1.165, 1.54) is 24.8 Å². The van der Waals surface area contributed by atoms with Gasteiger partial charge in [-0.05, 0) is 50.3 Å². The third-order valence-corrected chi connectivity index (χ3v) is 5.68. The van der Waals surface area contributed by atoms with Crippen LogP contribution in [0.2, 0.25) is 0 Å². The SMILES string of the molecule is c1ccc(-c2cnc(Nc3cc(CC4CCCNCC4)ncn3)s2)cc1. The van der Waals surface area contributed by atoms with Crippen molar-refractivity contribution < 1.29 is 0 Å². The molecule has 134 valence electrons. The molecule has 2 aromatic heterocycles. The lowest BCUT2D eigenvalue weighted by Gasteiger charge is -2.13. The highest BCUT2D eigenvalue weighted by Gasteiger charge is 2.14. The van der Waals surface area contributed by atoms with Crippen LogP contribution < -0.4 is 10.6 Å². The van der Waals surface area contributed by atoms with Gasteiger partial charge in [0.25, 0.3) is 0 Å². The molecule has 0 amide bonds. The van der Waals surface area contributed by atoms with Crippen LogP contribution in [0, 0.1) is 5.92 Å². The molecule has 1 aromatic carbocycles. The Labute approximate surface area is 157 Å². The Balaban J connectivity index is 1.43. The van der Waals surface area contributed by atoms with Gasteiger partial charge in [0.15, 0.2) is 5.13 Å². The van der Waals surface area contributed by atoms with Crippen LogP contribution in [0.25, 0.3) is 10.4 Å². The largest absolute Gasteiger partial charge is 0.317 e. The number of thiazole rings is 1. The van der Waals surface area contributed by atoms with E-state index in [4.69, 9.17) is 0 Å². The van der Waals surface area contributed by atoms with Gasteiger partial charge in [-0.1, -0.05) is 41.7 Å². The van der Waals surface area contributed by atoms with Gasteiger partial charge >= 0.3 is 0 Å². The normalized spacial score (nSPS) is 17.6. The molecule has 1 atom stereocenters. The molecule has 0 bridgehead atoms. The molecule has 2 N–H and O–H groups in total. The predicted octanol–water partition coefficient (Wildman–Crippen LogP) is 4.28. The summed E-state index contributed by atoms with van der Waals surface area (Å²) in [6.07, 6.45) is 8.32. The summed E-state index contributed by atoms with van der Waals surface area (Å²) < 4.78 is 0. The quantitative estimate of drug-likeness (QED) is 0.707. The predicted molar refractivity (Wildman–Crippen MR) is 107 cm³/mol. The van der Waals surface area contributed by atoms with Crippen LogP contribution in [0.1, 0.15) is 25.0 Å². The molecule has 0 spiro atoms. The molecule has 0 saturated carbocycles. The van der Waals surface area contributed by atoms with Gasteiger partial charge in [0, 0.05) is 18.0 Å². The van der Waals surface area contributed by atoms with Gasteiger partial charge in [0.1, 0.15) is 12.1 Å². The van der Waals surface area contributed by atoms with Crippen LogP contribution in [0.4, 0.5) is 10.9 Å². The van der Waals surface area contributed by atoms with Crippen molar-refractivity contribution in [1.29, 1.82) is 0 Å². The first-order valence-electron chi connectivity index (χ1n) is 9.17. The first-order chi connectivity index (χ1) is 12.9. The number of nitrogens with zero attached hydrogens (tertiary/aromatic N) is 3. The molecule has 1 saturated heterocycles. The van der Waals surface area contributed by atoms with Crippen molar-refractivity contribution in [2.45, 2.75) is 25.7 Å². The van der Waals surface area contributed by atoms with E-state index in [0.29, 0.717) is 5.92 Å². The van der Waals surface area contributed by atoms with Crippen LogP contribution in [0.15, 0.2) is 48.9 Å². The van der Waals surface area contributed by atoms with Gasteiger partial charge in [0.2, 0.25) is 0 Å². The highest BCUT2D eigenvalue weighted by molar-refractivity contribution is 7.18. The van der Waals surface area contributed by atoms with Gasteiger partial charge in [-0.3, -0.25) is 0 Å². The lowest BCUT2D eigenvalue weighted by molar-refractivity contribution is 0.465. The third-order valence-electron chi connectivity index (χ3n) is 4.72. The zero-order valence-corrected chi connectivity index (χ0v) is 15.5. The lowest BCUT2D eigenvalue weighted by Crippen LogP contribution is -2.14. The minimum Gasteiger partial charge on any atom is -0.317 e. The van der Waals surface area contributed by atoms with Crippen molar-refractivity contribution in [2.24, 2.45) is 5.92 Å². The van der Waals surface area contributed by atoms with E-state index in [1.54, 1.807) is 17.7 Å². The maximum Gasteiger partial charge on any atom is 0.188 e. The van der Waals surface area contributed by atoms with Gasteiger partial charge in [0.05, 0.1) is 4.88 Å². The second-order valence-corrected chi connectivity index (χ2v) is 7.70. The topological polar surface area (TPSA) is 62.7 Å². The first kappa shape index (κ1) is 17.1. The molecule has 1 aliphatic rings. The minimum absolute atomic E-state index is 0.706. The molecule has 1 unspecified atom stereocenters. The van der Waals surface area contributed by atoms with Crippen LogP contribution in [0.5, 0.6) is 0 Å². The summed E-state index contributed by atoms with van der Waals surface area (Å²) in [6.45, 7) is 2.25. The smallest absolute Gasteiger partial charge is 0.188 e. The molecular formula is C20H23N5S. The maximum absolute atomic E-state index is 4.48. The molecule has 26 heavy (non-hydrogen) atoms. The Morgan fingerprint density at radius 3 is 2.92 bits per heavy atom. The molecular weight excluding hydrogens is 342 g/mol. The summed E-state index contributed by atoms with van der Waals surface area (Å²) in [7, 11) is 0. The highest BCUT2D eigenvalue weighted by Crippen LogP contribution is 2.30. The fourth-order valence-corrected chi connectivity index (χ4v) is 4.17. The standard InChI is InChI=1S/C20H23N5S/c1-2-6-16(7-3-1)18-13-22-20(26-18)25-19-12-17(23-14-24-19)11-15-5-4-9-21-10-8-15/h1-3,6-7,12-15,21H,4-5,8-11H2,(H,22,23,24,25). The Morgan fingerprint density at radius 2 is 2.00 bits per heavy atom. The molecule has 0 radical (unpaired) electrons. The van der Waals surface area contributed by atoms with Crippen LogP contribution in [-0.2, 0) is 6.42 Å². The van der Waals surface area contributed by atoms with Gasteiger partial charge in [-0.15, -0.1) is 0 Å². The second-order valence-electron chi connectivity index (χ2n) is 6.67. The molecule has 3 aromatic rings. The molecule has 3 heterocycles.